The molecule has 3 aliphatic rings. The summed E-state index contributed by atoms with van der Waals surface area (Å²) in [4.78, 5) is 52.2. The summed E-state index contributed by atoms with van der Waals surface area (Å²) < 4.78 is 17.4. The molecule has 0 aromatic heterocycles. The molecule has 14 heteroatoms. The van der Waals surface area contributed by atoms with Crippen molar-refractivity contribution in [2.24, 2.45) is 0 Å². The maximum Gasteiger partial charge on any atom is 0.306 e. The van der Waals surface area contributed by atoms with Gasteiger partial charge in [-0.05, 0) is 25.1 Å². The lowest BCUT2D eigenvalue weighted by molar-refractivity contribution is -0.250. The number of aliphatic hydroxyl groups excluding tert-OH is 1. The van der Waals surface area contributed by atoms with Crippen LogP contribution >= 0.6 is 0 Å². The van der Waals surface area contributed by atoms with E-state index in [-0.39, 0.29) is 40.2 Å². The van der Waals surface area contributed by atoms with Crippen LogP contribution in [0, 0.1) is 0 Å². The van der Waals surface area contributed by atoms with E-state index >= 15 is 0 Å². The summed E-state index contributed by atoms with van der Waals surface area (Å²) in [5, 5.41) is 67.9. The van der Waals surface area contributed by atoms with Crippen LogP contribution in [0.2, 0.25) is 0 Å². The van der Waals surface area contributed by atoms with Crippen LogP contribution in [0.5, 0.6) is 23.0 Å². The van der Waals surface area contributed by atoms with Gasteiger partial charge in [0.25, 0.3) is 0 Å². The number of rotatable bonds is 8. The molecule has 1 heterocycles. The van der Waals surface area contributed by atoms with E-state index in [9.17, 15) is 49.8 Å². The Morgan fingerprint density at radius 2 is 1.74 bits per heavy atom. The van der Waals surface area contributed by atoms with Crippen LogP contribution in [0.25, 0.3) is 6.08 Å². The van der Waals surface area contributed by atoms with Crippen LogP contribution < -0.4 is 10.1 Å². The minimum atomic E-state index is -2.04. The Labute approximate surface area is 285 Å². The van der Waals surface area contributed by atoms with Gasteiger partial charge in [0.15, 0.2) is 12.1 Å². The van der Waals surface area contributed by atoms with Crippen LogP contribution in [-0.2, 0) is 25.5 Å². The maximum absolute atomic E-state index is 13.8. The summed E-state index contributed by atoms with van der Waals surface area (Å²) >= 11 is 0. The van der Waals surface area contributed by atoms with E-state index in [0.717, 1.165) is 0 Å². The van der Waals surface area contributed by atoms with Crippen molar-refractivity contribution in [2.75, 3.05) is 7.11 Å². The van der Waals surface area contributed by atoms with Gasteiger partial charge in [-0.2, -0.15) is 0 Å². The molecule has 1 saturated heterocycles. The van der Waals surface area contributed by atoms with Crippen LogP contribution in [-0.4, -0.2) is 91.3 Å². The Kier molecular flexibility index (Phi) is 9.13. The number of aliphatic hydroxyl groups is 2. The molecule has 0 spiro atoms. The van der Waals surface area contributed by atoms with Crippen molar-refractivity contribution in [1.29, 1.82) is 0 Å². The zero-order valence-electron chi connectivity index (χ0n) is 27.0. The van der Waals surface area contributed by atoms with E-state index in [1.807, 2.05) is 0 Å². The number of carbonyl (C=O) groups excluding carboxylic acids is 3. The monoisotopic (exact) mass is 689 g/mol. The van der Waals surface area contributed by atoms with Gasteiger partial charge in [0.1, 0.15) is 29.1 Å². The minimum Gasteiger partial charge on any atom is -0.507 e. The fourth-order valence-electron chi connectivity index (χ4n) is 7.02. The largest absolute Gasteiger partial charge is 0.507 e. The number of carboxylic acids is 1. The summed E-state index contributed by atoms with van der Waals surface area (Å²) in [6.45, 7) is 1.53. The van der Waals surface area contributed by atoms with Crippen LogP contribution in [0.15, 0.2) is 48.5 Å². The summed E-state index contributed by atoms with van der Waals surface area (Å²) in [6, 6.07) is 9.78. The molecule has 1 fully saturated rings. The lowest BCUT2D eigenvalue weighted by Gasteiger charge is -2.43. The second-order valence-electron chi connectivity index (χ2n) is 12.7. The molecular weight excluding hydrogens is 654 g/mol. The van der Waals surface area contributed by atoms with Gasteiger partial charge in [-0.15, -0.1) is 0 Å². The molecule has 1 aliphatic heterocycles. The normalized spacial score (nSPS) is 25.8. The highest BCUT2D eigenvalue weighted by molar-refractivity contribution is 6.31. The standard InChI is InChI=1S/C36H35NO13/c1-16-31(42)20(37-24(39)11-10-17-6-3-4-8-21(17)38)12-26(49-16)50-23-14-36(47,15-25(40)41)13-19-28(23)35(46)29-30(33(19)44)34(45)27-18(32(29)43)7-5-9-22(27)48-2/h3-11,16,20,23,26,31,38,42,44,46-47H,12-15H2,1-2H3,(H,37,39)(H,40,41)/t16-,20-,23+,26-,31+,36+/m1/s1. The second kappa shape index (κ2) is 13.2. The first kappa shape index (κ1) is 34.6. The average Bonchev–Trinajstić information content (AvgIpc) is 3.06. The van der Waals surface area contributed by atoms with E-state index in [0.29, 0.717) is 5.56 Å². The number of para-hydroxylation sites is 1. The maximum atomic E-state index is 13.8. The Morgan fingerprint density at radius 1 is 1.02 bits per heavy atom. The van der Waals surface area contributed by atoms with Crippen molar-refractivity contribution < 1.29 is 64.0 Å². The number of hydrogen-bond donors (Lipinski definition) is 7. The highest BCUT2D eigenvalue weighted by atomic mass is 16.7. The fourth-order valence-corrected chi connectivity index (χ4v) is 7.02. The minimum absolute atomic E-state index is 0.0362. The number of carboxylic acid groups (broad SMARTS) is 1. The van der Waals surface area contributed by atoms with E-state index in [2.05, 4.69) is 5.32 Å². The molecule has 50 heavy (non-hydrogen) atoms. The van der Waals surface area contributed by atoms with Crippen LogP contribution in [0.3, 0.4) is 0 Å². The Hall–Kier alpha value is -5.28. The summed E-state index contributed by atoms with van der Waals surface area (Å²) in [5.74, 6) is -4.95. The SMILES string of the molecule is COc1cccc2c1C(=O)c1c(O)c3c(c(O)c1C2=O)[C@@H](O[C@@H]1C[C@@H](NC(=O)C=Cc2ccccc2O)[C@@H](O)[C@@H](C)O1)C[C@](O)(CC(=O)O)C3. The molecule has 0 unspecified atom stereocenters. The number of aliphatic carboxylic acids is 1. The van der Waals surface area contributed by atoms with Gasteiger partial charge in [0.05, 0.1) is 54.1 Å². The zero-order chi connectivity index (χ0) is 36.1. The molecule has 1 amide bonds. The Morgan fingerprint density at radius 3 is 2.44 bits per heavy atom. The van der Waals surface area contributed by atoms with Crippen molar-refractivity contribution >= 4 is 29.5 Å². The first-order chi connectivity index (χ1) is 23.7. The van der Waals surface area contributed by atoms with Crippen molar-refractivity contribution in [3.8, 4) is 23.0 Å². The number of phenolic OH excluding ortho intramolecular Hbond substituents is 3. The number of nitrogens with one attached hydrogen (secondary N) is 1. The van der Waals surface area contributed by atoms with Gasteiger partial charge in [0, 0.05) is 47.6 Å². The molecule has 7 N–H and O–H groups in total. The van der Waals surface area contributed by atoms with Crippen molar-refractivity contribution in [3.63, 3.8) is 0 Å². The average molecular weight is 690 g/mol. The highest BCUT2D eigenvalue weighted by Crippen LogP contribution is 2.53. The van der Waals surface area contributed by atoms with Crippen molar-refractivity contribution in [1.82, 2.24) is 5.32 Å². The number of aromatic hydroxyl groups is 3. The molecule has 6 rings (SSSR count). The molecular formula is C36H35NO13. The Bertz CT molecular complexity index is 1940. The molecule has 0 radical (unpaired) electrons. The van der Waals surface area contributed by atoms with Gasteiger partial charge in [0.2, 0.25) is 11.7 Å². The number of benzene rings is 3. The predicted octanol–water partition coefficient (Wildman–Crippen LogP) is 2.49. The van der Waals surface area contributed by atoms with Gasteiger partial charge in [-0.25, -0.2) is 0 Å². The third-order valence-electron chi connectivity index (χ3n) is 9.34. The third kappa shape index (κ3) is 6.18. The number of methoxy groups -OCH3 is 1. The predicted molar refractivity (Wildman–Crippen MR) is 173 cm³/mol. The summed E-state index contributed by atoms with van der Waals surface area (Å²) in [6.07, 6.45) is -4.01. The van der Waals surface area contributed by atoms with E-state index < -0.39 is 102 Å². The molecule has 0 saturated carbocycles. The van der Waals surface area contributed by atoms with Crippen molar-refractivity contribution in [3.05, 3.63) is 87.5 Å². The van der Waals surface area contributed by atoms with Crippen LogP contribution in [0.4, 0.5) is 0 Å². The highest BCUT2D eigenvalue weighted by Gasteiger charge is 2.48. The second-order valence-corrected chi connectivity index (χ2v) is 12.7. The lowest BCUT2D eigenvalue weighted by Crippen LogP contribution is -2.55. The third-order valence-corrected chi connectivity index (χ3v) is 9.34. The summed E-state index contributed by atoms with van der Waals surface area (Å²) in [5.41, 5.74) is -3.19. The first-order valence-corrected chi connectivity index (χ1v) is 15.8. The van der Waals surface area contributed by atoms with Gasteiger partial charge >= 0.3 is 5.97 Å². The summed E-state index contributed by atoms with van der Waals surface area (Å²) in [7, 11) is 1.30. The quantitative estimate of drug-likeness (QED) is 0.104. The Balaban J connectivity index is 1.35. The number of phenols is 3. The van der Waals surface area contributed by atoms with Gasteiger partial charge in [-0.3, -0.25) is 19.2 Å². The van der Waals surface area contributed by atoms with E-state index in [1.54, 1.807) is 18.2 Å². The molecule has 0 bridgehead atoms. The van der Waals surface area contributed by atoms with Gasteiger partial charge in [-0.1, -0.05) is 30.3 Å². The molecule has 3 aromatic carbocycles. The molecule has 3 aromatic rings. The molecule has 2 aliphatic carbocycles. The fraction of sp³-hybridized carbons (Fsp3) is 0.333. The topological polar surface area (TPSA) is 229 Å². The number of hydrogen-bond acceptors (Lipinski definition) is 12. The molecule has 6 atom stereocenters. The lowest BCUT2D eigenvalue weighted by atomic mass is 9.72. The first-order valence-electron chi connectivity index (χ1n) is 15.8. The zero-order valence-corrected chi connectivity index (χ0v) is 27.0. The number of fused-ring (bicyclic) bond motifs is 3. The number of ketones is 2. The smallest absolute Gasteiger partial charge is 0.306 e. The van der Waals surface area contributed by atoms with Gasteiger partial charge < -0.3 is 50.2 Å². The number of ether oxygens (including phenoxy) is 3. The molecule has 14 nitrogen and oxygen atoms in total. The van der Waals surface area contributed by atoms with Crippen LogP contribution in [0.1, 0.15) is 80.8 Å². The van der Waals surface area contributed by atoms with E-state index in [4.69, 9.17) is 14.2 Å². The van der Waals surface area contributed by atoms with E-state index in [1.165, 1.54) is 50.5 Å². The van der Waals surface area contributed by atoms with Crippen molar-refractivity contribution in [2.45, 2.75) is 68.9 Å². The number of carbonyl (C=O) groups is 4. The number of amides is 1. The molecule has 262 valence electrons.